The van der Waals surface area contributed by atoms with Gasteiger partial charge in [-0.1, -0.05) is 12.1 Å². The molecule has 0 spiro atoms. The molecule has 0 radical (unpaired) electrons. The molecule has 0 aliphatic heterocycles. The van der Waals surface area contributed by atoms with E-state index in [1.807, 2.05) is 17.5 Å². The lowest BCUT2D eigenvalue weighted by Crippen LogP contribution is -2.33. The molecule has 0 fully saturated rings. The molecule has 104 valence electrons. The first-order chi connectivity index (χ1) is 9.66. The molecule has 0 saturated carbocycles. The Kier molecular flexibility index (Phi) is 4.84. The normalized spacial score (nSPS) is 10.1. The molecule has 2 aromatic rings. The van der Waals surface area contributed by atoms with Crippen LogP contribution in [0.3, 0.4) is 0 Å². The van der Waals surface area contributed by atoms with E-state index in [2.05, 4.69) is 15.6 Å². The van der Waals surface area contributed by atoms with Crippen molar-refractivity contribution in [3.8, 4) is 11.3 Å². The molecule has 2 rings (SSSR count). The number of amides is 2. The van der Waals surface area contributed by atoms with Crippen molar-refractivity contribution in [2.75, 3.05) is 13.1 Å². The average Bonchev–Trinajstić information content (AvgIpc) is 2.97. The van der Waals surface area contributed by atoms with E-state index in [1.165, 1.54) is 18.3 Å². The second-order valence-corrected chi connectivity index (χ2v) is 4.91. The van der Waals surface area contributed by atoms with Crippen LogP contribution in [0.25, 0.3) is 11.3 Å². The second-order valence-electron chi connectivity index (χ2n) is 4.19. The number of hydrogen-bond acceptors (Lipinski definition) is 4. The first kappa shape index (κ1) is 14.2. The summed E-state index contributed by atoms with van der Waals surface area (Å²) in [6.45, 7) is 2.28. The molecule has 0 saturated heterocycles. The summed E-state index contributed by atoms with van der Waals surface area (Å²) in [7, 11) is 0. The van der Waals surface area contributed by atoms with E-state index in [0.717, 1.165) is 11.3 Å². The summed E-state index contributed by atoms with van der Waals surface area (Å²) in [6.07, 6.45) is 0. The van der Waals surface area contributed by atoms with E-state index < -0.39 is 0 Å². The number of aromatic nitrogens is 1. The Morgan fingerprint density at radius 2 is 1.85 bits per heavy atom. The van der Waals surface area contributed by atoms with Crippen molar-refractivity contribution < 1.29 is 9.59 Å². The van der Waals surface area contributed by atoms with Crippen LogP contribution in [-0.4, -0.2) is 29.9 Å². The number of carbonyl (C=O) groups is 2. The van der Waals surface area contributed by atoms with E-state index in [4.69, 9.17) is 0 Å². The van der Waals surface area contributed by atoms with Gasteiger partial charge in [0, 0.05) is 36.5 Å². The van der Waals surface area contributed by atoms with Gasteiger partial charge in [-0.15, -0.1) is 11.3 Å². The zero-order chi connectivity index (χ0) is 14.4. The first-order valence-electron chi connectivity index (χ1n) is 6.18. The van der Waals surface area contributed by atoms with Crippen molar-refractivity contribution in [3.63, 3.8) is 0 Å². The Morgan fingerprint density at radius 3 is 2.45 bits per heavy atom. The van der Waals surface area contributed by atoms with Crippen LogP contribution in [0.2, 0.25) is 0 Å². The van der Waals surface area contributed by atoms with Crippen LogP contribution in [0, 0.1) is 0 Å². The average molecular weight is 289 g/mol. The Morgan fingerprint density at radius 1 is 1.15 bits per heavy atom. The smallest absolute Gasteiger partial charge is 0.251 e. The second kappa shape index (κ2) is 6.81. The standard InChI is InChI=1S/C14H15N3O2S/c1-10(18)15-6-7-16-14(19)12-4-2-11(3-5-12)13-8-20-9-17-13/h2-5,8-9H,6-7H2,1H3,(H,15,18)(H,16,19). The molecule has 0 aliphatic rings. The third kappa shape index (κ3) is 3.89. The maximum Gasteiger partial charge on any atom is 0.251 e. The SMILES string of the molecule is CC(=O)NCCNC(=O)c1ccc(-c2cscn2)cc1. The van der Waals surface area contributed by atoms with E-state index in [-0.39, 0.29) is 11.8 Å². The predicted molar refractivity (Wildman–Crippen MR) is 78.6 cm³/mol. The third-order valence-electron chi connectivity index (χ3n) is 2.66. The van der Waals surface area contributed by atoms with Crippen molar-refractivity contribution in [2.45, 2.75) is 6.92 Å². The van der Waals surface area contributed by atoms with Crippen molar-refractivity contribution in [2.24, 2.45) is 0 Å². The third-order valence-corrected chi connectivity index (χ3v) is 3.25. The number of benzene rings is 1. The van der Waals surface area contributed by atoms with E-state index >= 15 is 0 Å². The Balaban J connectivity index is 1.89. The molecule has 20 heavy (non-hydrogen) atoms. The summed E-state index contributed by atoms with van der Waals surface area (Å²) in [5.74, 6) is -0.257. The minimum absolute atomic E-state index is 0.105. The number of rotatable bonds is 5. The lowest BCUT2D eigenvalue weighted by atomic mass is 10.1. The van der Waals surface area contributed by atoms with Crippen LogP contribution in [0.5, 0.6) is 0 Å². The van der Waals surface area contributed by atoms with Gasteiger partial charge in [-0.3, -0.25) is 9.59 Å². The summed E-state index contributed by atoms with van der Waals surface area (Å²) in [5.41, 5.74) is 4.26. The number of hydrogen-bond donors (Lipinski definition) is 2. The number of nitrogens with one attached hydrogen (secondary N) is 2. The summed E-state index contributed by atoms with van der Waals surface area (Å²) in [4.78, 5) is 26.7. The molecule has 0 unspecified atom stereocenters. The summed E-state index contributed by atoms with van der Waals surface area (Å²) in [6, 6.07) is 7.28. The van der Waals surface area contributed by atoms with Gasteiger partial charge in [0.2, 0.25) is 5.91 Å². The predicted octanol–water partition coefficient (Wildman–Crippen LogP) is 1.68. The Hall–Kier alpha value is -2.21. The van der Waals surface area contributed by atoms with Crippen molar-refractivity contribution in [1.82, 2.24) is 15.6 Å². The van der Waals surface area contributed by atoms with Crippen LogP contribution < -0.4 is 10.6 Å². The zero-order valence-electron chi connectivity index (χ0n) is 11.1. The number of carbonyl (C=O) groups excluding carboxylic acids is 2. The highest BCUT2D eigenvalue weighted by atomic mass is 32.1. The molecule has 1 aromatic carbocycles. The van der Waals surface area contributed by atoms with Gasteiger partial charge in [0.1, 0.15) is 0 Å². The maximum absolute atomic E-state index is 11.8. The molecule has 2 amide bonds. The molecule has 1 heterocycles. The maximum atomic E-state index is 11.8. The molecule has 2 N–H and O–H groups in total. The first-order valence-corrected chi connectivity index (χ1v) is 7.12. The minimum Gasteiger partial charge on any atom is -0.355 e. The highest BCUT2D eigenvalue weighted by molar-refractivity contribution is 7.07. The van der Waals surface area contributed by atoms with Gasteiger partial charge in [0.25, 0.3) is 5.91 Å². The van der Waals surface area contributed by atoms with E-state index in [0.29, 0.717) is 18.7 Å². The van der Waals surface area contributed by atoms with Gasteiger partial charge in [0.05, 0.1) is 11.2 Å². The van der Waals surface area contributed by atoms with Gasteiger partial charge in [-0.25, -0.2) is 4.98 Å². The molecule has 0 aliphatic carbocycles. The van der Waals surface area contributed by atoms with Crippen molar-refractivity contribution >= 4 is 23.2 Å². The lowest BCUT2D eigenvalue weighted by Gasteiger charge is -2.06. The summed E-state index contributed by atoms with van der Waals surface area (Å²) >= 11 is 1.54. The lowest BCUT2D eigenvalue weighted by molar-refractivity contribution is -0.118. The molecule has 5 nitrogen and oxygen atoms in total. The molecular weight excluding hydrogens is 274 g/mol. The Labute approximate surface area is 121 Å². The van der Waals surface area contributed by atoms with E-state index in [9.17, 15) is 9.59 Å². The highest BCUT2D eigenvalue weighted by Crippen LogP contribution is 2.19. The van der Waals surface area contributed by atoms with Crippen molar-refractivity contribution in [1.29, 1.82) is 0 Å². The van der Waals surface area contributed by atoms with E-state index in [1.54, 1.807) is 17.6 Å². The minimum atomic E-state index is -0.153. The molecular formula is C14H15N3O2S. The van der Waals surface area contributed by atoms with Gasteiger partial charge >= 0.3 is 0 Å². The monoisotopic (exact) mass is 289 g/mol. The Bertz CT molecular complexity index is 579. The topological polar surface area (TPSA) is 71.1 Å². The number of thiazole rings is 1. The fourth-order valence-corrected chi connectivity index (χ4v) is 2.23. The fourth-order valence-electron chi connectivity index (χ4n) is 1.66. The molecule has 0 bridgehead atoms. The summed E-state index contributed by atoms with van der Waals surface area (Å²) in [5, 5.41) is 7.32. The van der Waals surface area contributed by atoms with Crippen LogP contribution in [0.15, 0.2) is 35.2 Å². The van der Waals surface area contributed by atoms with Crippen LogP contribution in [-0.2, 0) is 4.79 Å². The van der Waals surface area contributed by atoms with Crippen LogP contribution in [0.1, 0.15) is 17.3 Å². The van der Waals surface area contributed by atoms with Gasteiger partial charge in [-0.05, 0) is 12.1 Å². The van der Waals surface area contributed by atoms with Crippen LogP contribution >= 0.6 is 11.3 Å². The van der Waals surface area contributed by atoms with Gasteiger partial charge in [0.15, 0.2) is 0 Å². The van der Waals surface area contributed by atoms with Crippen LogP contribution in [0.4, 0.5) is 0 Å². The highest BCUT2D eigenvalue weighted by Gasteiger charge is 2.06. The van der Waals surface area contributed by atoms with Gasteiger partial charge < -0.3 is 10.6 Å². The van der Waals surface area contributed by atoms with Crippen molar-refractivity contribution in [3.05, 3.63) is 40.7 Å². The zero-order valence-corrected chi connectivity index (χ0v) is 11.9. The van der Waals surface area contributed by atoms with Gasteiger partial charge in [-0.2, -0.15) is 0 Å². The molecule has 1 aromatic heterocycles. The molecule has 0 atom stereocenters. The number of nitrogens with zero attached hydrogens (tertiary/aromatic N) is 1. The summed E-state index contributed by atoms with van der Waals surface area (Å²) < 4.78 is 0. The fraction of sp³-hybridized carbons (Fsp3) is 0.214. The quantitative estimate of drug-likeness (QED) is 0.823. The largest absolute Gasteiger partial charge is 0.355 e. The molecule has 6 heteroatoms.